The number of carbonyl (C=O) groups excluding carboxylic acids is 2. The van der Waals surface area contributed by atoms with Gasteiger partial charge in [0.25, 0.3) is 0 Å². The summed E-state index contributed by atoms with van der Waals surface area (Å²) in [6.45, 7) is 6.35. The fraction of sp³-hybridized carbons (Fsp3) is 0.556. The third-order valence-corrected chi connectivity index (χ3v) is 3.99. The predicted octanol–water partition coefficient (Wildman–Crippen LogP) is 2.86. The quantitative estimate of drug-likeness (QED) is 0.841. The van der Waals surface area contributed by atoms with Crippen molar-refractivity contribution in [2.45, 2.75) is 33.1 Å². The second kappa shape index (κ2) is 9.15. The number of nitrogens with one attached hydrogen (secondary N) is 2. The van der Waals surface area contributed by atoms with E-state index in [1.807, 2.05) is 38.1 Å². The number of likely N-dealkylation sites (tertiary alicyclic amines) is 1. The van der Waals surface area contributed by atoms with E-state index in [2.05, 4.69) is 10.6 Å². The number of hydrogen-bond donors (Lipinski definition) is 2. The largest absolute Gasteiger partial charge is 0.494 e. The Bertz CT molecular complexity index is 562. The minimum Gasteiger partial charge on any atom is -0.494 e. The Hall–Kier alpha value is -2.24. The van der Waals surface area contributed by atoms with E-state index in [1.165, 1.54) is 0 Å². The number of nitrogens with zero attached hydrogens (tertiary/aromatic N) is 1. The Morgan fingerprint density at radius 2 is 2.17 bits per heavy atom. The number of carbonyl (C=O) groups is 2. The zero-order chi connectivity index (χ0) is 17.4. The maximum atomic E-state index is 12.5. The third kappa shape index (κ3) is 5.15. The molecule has 132 valence electrons. The van der Waals surface area contributed by atoms with E-state index in [0.717, 1.165) is 25.0 Å². The van der Waals surface area contributed by atoms with Gasteiger partial charge in [0.2, 0.25) is 5.91 Å². The van der Waals surface area contributed by atoms with Crippen LogP contribution in [-0.4, -0.2) is 43.1 Å². The number of benzene rings is 1. The molecule has 0 aliphatic carbocycles. The Labute approximate surface area is 143 Å². The molecular weight excluding hydrogens is 306 g/mol. The monoisotopic (exact) mass is 333 g/mol. The molecule has 6 nitrogen and oxygen atoms in total. The van der Waals surface area contributed by atoms with E-state index in [-0.39, 0.29) is 17.9 Å². The highest BCUT2D eigenvalue weighted by Gasteiger charge is 2.28. The van der Waals surface area contributed by atoms with Crippen LogP contribution in [0.1, 0.15) is 33.1 Å². The highest BCUT2D eigenvalue weighted by Crippen LogP contribution is 2.20. The summed E-state index contributed by atoms with van der Waals surface area (Å²) >= 11 is 0. The van der Waals surface area contributed by atoms with Gasteiger partial charge in [-0.15, -0.1) is 0 Å². The van der Waals surface area contributed by atoms with E-state index in [9.17, 15) is 9.59 Å². The van der Waals surface area contributed by atoms with Gasteiger partial charge in [0, 0.05) is 31.4 Å². The van der Waals surface area contributed by atoms with Crippen molar-refractivity contribution in [2.24, 2.45) is 5.92 Å². The van der Waals surface area contributed by atoms with Gasteiger partial charge < -0.3 is 20.3 Å². The highest BCUT2D eigenvalue weighted by molar-refractivity contribution is 5.90. The molecule has 0 spiro atoms. The van der Waals surface area contributed by atoms with Gasteiger partial charge in [0.1, 0.15) is 5.75 Å². The molecule has 0 radical (unpaired) electrons. The van der Waals surface area contributed by atoms with Gasteiger partial charge in [-0.1, -0.05) is 13.0 Å². The molecule has 0 aromatic heterocycles. The predicted molar refractivity (Wildman–Crippen MR) is 94.2 cm³/mol. The van der Waals surface area contributed by atoms with Gasteiger partial charge in [-0.05, 0) is 38.3 Å². The Kier molecular flexibility index (Phi) is 6.90. The van der Waals surface area contributed by atoms with Crippen molar-refractivity contribution in [3.63, 3.8) is 0 Å². The lowest BCUT2D eigenvalue weighted by Gasteiger charge is -2.32. The molecule has 6 heteroatoms. The van der Waals surface area contributed by atoms with Gasteiger partial charge in [0.15, 0.2) is 0 Å². The molecule has 1 aromatic rings. The van der Waals surface area contributed by atoms with Crippen LogP contribution in [0.15, 0.2) is 24.3 Å². The first kappa shape index (κ1) is 18.1. The van der Waals surface area contributed by atoms with E-state index < -0.39 is 0 Å². The number of rotatable bonds is 6. The third-order valence-electron chi connectivity index (χ3n) is 3.99. The average Bonchev–Trinajstić information content (AvgIpc) is 2.60. The molecule has 0 unspecified atom stereocenters. The summed E-state index contributed by atoms with van der Waals surface area (Å²) in [6.07, 6.45) is 2.61. The summed E-state index contributed by atoms with van der Waals surface area (Å²) in [5.74, 6) is 0.655. The molecule has 3 amide bonds. The van der Waals surface area contributed by atoms with Crippen molar-refractivity contribution in [3.05, 3.63) is 24.3 Å². The molecule has 1 aliphatic rings. The molecule has 2 rings (SSSR count). The molecule has 2 N–H and O–H groups in total. The molecule has 0 bridgehead atoms. The number of hydrogen-bond acceptors (Lipinski definition) is 3. The van der Waals surface area contributed by atoms with Crippen molar-refractivity contribution < 1.29 is 14.3 Å². The Balaban J connectivity index is 1.93. The first-order valence-electron chi connectivity index (χ1n) is 8.70. The van der Waals surface area contributed by atoms with Gasteiger partial charge in [-0.2, -0.15) is 0 Å². The van der Waals surface area contributed by atoms with Crippen LogP contribution in [0, 0.1) is 5.92 Å². The normalized spacial score (nSPS) is 17.2. The first-order valence-corrected chi connectivity index (χ1v) is 8.70. The maximum Gasteiger partial charge on any atom is 0.321 e. The Morgan fingerprint density at radius 3 is 2.92 bits per heavy atom. The number of piperidine rings is 1. The summed E-state index contributed by atoms with van der Waals surface area (Å²) in [5, 5.41) is 5.73. The molecule has 24 heavy (non-hydrogen) atoms. The standard InChI is InChI=1S/C18H27N3O3/c1-3-11-24-16-9-5-8-15(12-16)20-18(23)21-10-6-7-14(13-21)17(22)19-4-2/h5,8-9,12,14H,3-4,6-7,10-11,13H2,1-2H3,(H,19,22)(H,20,23)/t14-/m1/s1. The molecule has 1 aliphatic heterocycles. The zero-order valence-electron chi connectivity index (χ0n) is 14.5. The second-order valence-corrected chi connectivity index (χ2v) is 5.99. The van der Waals surface area contributed by atoms with Gasteiger partial charge in [-0.25, -0.2) is 4.79 Å². The van der Waals surface area contributed by atoms with E-state index in [1.54, 1.807) is 4.90 Å². The van der Waals surface area contributed by atoms with Gasteiger partial charge in [0.05, 0.1) is 12.5 Å². The van der Waals surface area contributed by atoms with Gasteiger partial charge in [-0.3, -0.25) is 4.79 Å². The molecule has 1 fully saturated rings. The van der Waals surface area contributed by atoms with E-state index in [0.29, 0.717) is 31.9 Å². The van der Waals surface area contributed by atoms with E-state index in [4.69, 9.17) is 4.74 Å². The minimum absolute atomic E-state index is 0.0324. The van der Waals surface area contributed by atoms with Crippen LogP contribution in [-0.2, 0) is 4.79 Å². The first-order chi connectivity index (χ1) is 11.6. The molecule has 1 saturated heterocycles. The summed E-state index contributed by atoms with van der Waals surface area (Å²) < 4.78 is 5.58. The van der Waals surface area contributed by atoms with Crippen LogP contribution in [0.25, 0.3) is 0 Å². The number of amides is 3. The van der Waals surface area contributed by atoms with Crippen LogP contribution < -0.4 is 15.4 Å². The fourth-order valence-electron chi connectivity index (χ4n) is 2.78. The highest BCUT2D eigenvalue weighted by atomic mass is 16.5. The van der Waals surface area contributed by atoms with Crippen LogP contribution in [0.5, 0.6) is 5.75 Å². The van der Waals surface area contributed by atoms with Crippen molar-refractivity contribution in [1.82, 2.24) is 10.2 Å². The topological polar surface area (TPSA) is 70.7 Å². The lowest BCUT2D eigenvalue weighted by molar-refractivity contribution is -0.126. The molecule has 1 heterocycles. The van der Waals surface area contributed by atoms with Crippen molar-refractivity contribution in [2.75, 3.05) is 31.6 Å². The SMILES string of the molecule is CCCOc1cccc(NC(=O)N2CCC[C@@H](C(=O)NCC)C2)c1. The van der Waals surface area contributed by atoms with Crippen molar-refractivity contribution >= 4 is 17.6 Å². The average molecular weight is 333 g/mol. The number of anilines is 1. The zero-order valence-corrected chi connectivity index (χ0v) is 14.5. The summed E-state index contributed by atoms with van der Waals surface area (Å²) in [5.41, 5.74) is 0.703. The summed E-state index contributed by atoms with van der Waals surface area (Å²) in [6, 6.07) is 7.21. The van der Waals surface area contributed by atoms with Crippen molar-refractivity contribution in [3.8, 4) is 5.75 Å². The fourth-order valence-corrected chi connectivity index (χ4v) is 2.78. The molecular formula is C18H27N3O3. The van der Waals surface area contributed by atoms with Gasteiger partial charge >= 0.3 is 6.03 Å². The lowest BCUT2D eigenvalue weighted by Crippen LogP contribution is -2.46. The molecule has 1 atom stereocenters. The van der Waals surface area contributed by atoms with Crippen LogP contribution in [0.4, 0.5) is 10.5 Å². The smallest absolute Gasteiger partial charge is 0.321 e. The second-order valence-electron chi connectivity index (χ2n) is 5.99. The minimum atomic E-state index is -0.170. The van der Waals surface area contributed by atoms with Crippen LogP contribution >= 0.6 is 0 Å². The number of ether oxygens (including phenoxy) is 1. The van der Waals surface area contributed by atoms with Crippen LogP contribution in [0.3, 0.4) is 0 Å². The summed E-state index contributed by atoms with van der Waals surface area (Å²) in [7, 11) is 0. The Morgan fingerprint density at radius 1 is 1.33 bits per heavy atom. The lowest BCUT2D eigenvalue weighted by atomic mass is 9.97. The van der Waals surface area contributed by atoms with E-state index >= 15 is 0 Å². The molecule has 0 saturated carbocycles. The maximum absolute atomic E-state index is 12.5. The number of urea groups is 1. The van der Waals surface area contributed by atoms with Crippen molar-refractivity contribution in [1.29, 1.82) is 0 Å². The molecule has 1 aromatic carbocycles. The summed E-state index contributed by atoms with van der Waals surface area (Å²) in [4.78, 5) is 26.2. The van der Waals surface area contributed by atoms with Crippen LogP contribution in [0.2, 0.25) is 0 Å².